The number of H-pyrrole nitrogens is 1. The third-order valence-electron chi connectivity index (χ3n) is 3.47. The molecule has 2 heterocycles. The Morgan fingerprint density at radius 3 is 3.11 bits per heavy atom. The van der Waals surface area contributed by atoms with E-state index in [2.05, 4.69) is 27.8 Å². The van der Waals surface area contributed by atoms with Gasteiger partial charge in [0, 0.05) is 5.56 Å². The molecule has 1 fully saturated rings. The number of hydrogen-bond acceptors (Lipinski definition) is 3. The summed E-state index contributed by atoms with van der Waals surface area (Å²) < 4.78 is 0. The number of carbonyl (C=O) groups is 1. The summed E-state index contributed by atoms with van der Waals surface area (Å²) in [4.78, 5) is 12.2. The molecule has 1 aromatic rings. The summed E-state index contributed by atoms with van der Waals surface area (Å²) in [5.41, 5.74) is 1.05. The van der Waals surface area contributed by atoms with Gasteiger partial charge in [0.25, 0.3) is 0 Å². The third-order valence-corrected chi connectivity index (χ3v) is 3.47. The van der Waals surface area contributed by atoms with Crippen molar-refractivity contribution in [1.29, 1.82) is 0 Å². The van der Waals surface area contributed by atoms with Crippen LogP contribution in [0.3, 0.4) is 0 Å². The van der Waals surface area contributed by atoms with Crippen molar-refractivity contribution in [1.82, 2.24) is 15.5 Å². The molecule has 18 heavy (non-hydrogen) atoms. The van der Waals surface area contributed by atoms with Crippen molar-refractivity contribution in [2.75, 3.05) is 11.9 Å². The van der Waals surface area contributed by atoms with Crippen molar-refractivity contribution < 1.29 is 4.79 Å². The van der Waals surface area contributed by atoms with E-state index < -0.39 is 0 Å². The summed E-state index contributed by atoms with van der Waals surface area (Å²) in [7, 11) is 0. The number of aromatic nitrogens is 2. The lowest BCUT2D eigenvalue weighted by Crippen LogP contribution is -2.41. The molecule has 1 amide bonds. The number of rotatable bonds is 3. The summed E-state index contributed by atoms with van der Waals surface area (Å²) in [5, 5.41) is 13.1. The largest absolute Gasteiger partial charge is 0.309 e. The van der Waals surface area contributed by atoms with Crippen molar-refractivity contribution in [3.63, 3.8) is 0 Å². The van der Waals surface area contributed by atoms with Crippen LogP contribution in [0.5, 0.6) is 0 Å². The zero-order valence-corrected chi connectivity index (χ0v) is 11.0. The molecule has 5 nitrogen and oxygen atoms in total. The minimum atomic E-state index is -0.0710. The van der Waals surface area contributed by atoms with E-state index in [9.17, 15) is 4.79 Å². The second-order valence-corrected chi connectivity index (χ2v) is 4.82. The molecule has 1 saturated heterocycles. The summed E-state index contributed by atoms with van der Waals surface area (Å²) in [6, 6.07) is -0.0710. The van der Waals surface area contributed by atoms with Gasteiger partial charge in [-0.1, -0.05) is 26.2 Å². The molecule has 1 unspecified atom stereocenters. The number of aryl methyl sites for hydroxylation is 1. The van der Waals surface area contributed by atoms with E-state index in [0.717, 1.165) is 43.6 Å². The minimum absolute atomic E-state index is 0.0517. The predicted octanol–water partition coefficient (Wildman–Crippen LogP) is 1.83. The maximum Gasteiger partial charge on any atom is 0.242 e. The van der Waals surface area contributed by atoms with Crippen LogP contribution in [0.2, 0.25) is 0 Å². The van der Waals surface area contributed by atoms with Gasteiger partial charge < -0.3 is 10.6 Å². The monoisotopic (exact) mass is 250 g/mol. The molecule has 0 saturated carbocycles. The van der Waals surface area contributed by atoms with Crippen molar-refractivity contribution >= 4 is 11.7 Å². The number of amides is 1. The van der Waals surface area contributed by atoms with Crippen LogP contribution in [0.1, 0.15) is 44.6 Å². The fraction of sp³-hybridized carbons (Fsp3) is 0.692. The number of carbonyl (C=O) groups excluding carboxylic acids is 1. The molecule has 0 bridgehead atoms. The van der Waals surface area contributed by atoms with Crippen molar-refractivity contribution in [2.45, 2.75) is 51.5 Å². The molecular formula is C13H22N4O. The molecule has 5 heteroatoms. The maximum atomic E-state index is 12.2. The molecule has 3 N–H and O–H groups in total. The second-order valence-electron chi connectivity index (χ2n) is 4.82. The van der Waals surface area contributed by atoms with Crippen LogP contribution in [0, 0.1) is 0 Å². The fourth-order valence-corrected chi connectivity index (χ4v) is 2.33. The van der Waals surface area contributed by atoms with Crippen LogP contribution >= 0.6 is 0 Å². The highest BCUT2D eigenvalue weighted by molar-refractivity contribution is 5.94. The van der Waals surface area contributed by atoms with Crippen LogP contribution in [0.25, 0.3) is 0 Å². The minimum Gasteiger partial charge on any atom is -0.309 e. The first-order valence-corrected chi connectivity index (χ1v) is 6.87. The van der Waals surface area contributed by atoms with Gasteiger partial charge in [0.05, 0.1) is 12.2 Å². The summed E-state index contributed by atoms with van der Waals surface area (Å²) in [6.07, 6.45) is 8.33. The molecule has 2 rings (SSSR count). The molecule has 0 aromatic carbocycles. The Hall–Kier alpha value is -1.36. The molecular weight excluding hydrogens is 228 g/mol. The first-order valence-electron chi connectivity index (χ1n) is 6.87. The van der Waals surface area contributed by atoms with Crippen LogP contribution in [-0.2, 0) is 11.2 Å². The predicted molar refractivity (Wildman–Crippen MR) is 71.5 cm³/mol. The number of aromatic amines is 1. The average molecular weight is 250 g/mol. The van der Waals surface area contributed by atoms with Crippen molar-refractivity contribution in [3.8, 4) is 0 Å². The Balaban J connectivity index is 1.93. The highest BCUT2D eigenvalue weighted by atomic mass is 16.2. The normalized spacial score (nSPS) is 21.1. The van der Waals surface area contributed by atoms with E-state index in [1.165, 1.54) is 12.8 Å². The quantitative estimate of drug-likeness (QED) is 0.766. The van der Waals surface area contributed by atoms with E-state index in [-0.39, 0.29) is 11.9 Å². The number of hydrogen-bond donors (Lipinski definition) is 3. The van der Waals surface area contributed by atoms with Gasteiger partial charge in [-0.3, -0.25) is 9.89 Å². The first kappa shape index (κ1) is 13.1. The highest BCUT2D eigenvalue weighted by Gasteiger charge is 2.19. The van der Waals surface area contributed by atoms with Crippen molar-refractivity contribution in [2.24, 2.45) is 0 Å². The lowest BCUT2D eigenvalue weighted by atomic mass is 10.0. The molecule has 0 aliphatic carbocycles. The average Bonchev–Trinajstić information content (AvgIpc) is 2.75. The lowest BCUT2D eigenvalue weighted by molar-refractivity contribution is -0.118. The van der Waals surface area contributed by atoms with Gasteiger partial charge in [-0.2, -0.15) is 5.10 Å². The second kappa shape index (κ2) is 6.54. The molecule has 1 aromatic heterocycles. The third kappa shape index (κ3) is 3.32. The highest BCUT2D eigenvalue weighted by Crippen LogP contribution is 2.14. The molecule has 0 radical (unpaired) electrons. The van der Waals surface area contributed by atoms with Crippen LogP contribution < -0.4 is 10.6 Å². The van der Waals surface area contributed by atoms with E-state index >= 15 is 0 Å². The summed E-state index contributed by atoms with van der Waals surface area (Å²) >= 11 is 0. The van der Waals surface area contributed by atoms with Crippen LogP contribution in [0.15, 0.2) is 6.20 Å². The molecule has 1 atom stereocenters. The molecule has 1 aliphatic heterocycles. The fourth-order valence-electron chi connectivity index (χ4n) is 2.33. The van der Waals surface area contributed by atoms with Gasteiger partial charge in [0.1, 0.15) is 5.82 Å². The Labute approximate surface area is 108 Å². The Morgan fingerprint density at radius 2 is 2.28 bits per heavy atom. The van der Waals surface area contributed by atoms with Crippen LogP contribution in [0.4, 0.5) is 5.82 Å². The Morgan fingerprint density at radius 1 is 1.44 bits per heavy atom. The Kier molecular flexibility index (Phi) is 4.75. The van der Waals surface area contributed by atoms with Gasteiger partial charge in [-0.15, -0.1) is 0 Å². The van der Waals surface area contributed by atoms with Gasteiger partial charge in [0.2, 0.25) is 5.91 Å². The zero-order chi connectivity index (χ0) is 12.8. The maximum absolute atomic E-state index is 12.2. The first-order chi connectivity index (χ1) is 8.81. The van der Waals surface area contributed by atoms with E-state index in [4.69, 9.17) is 0 Å². The van der Waals surface area contributed by atoms with E-state index in [0.29, 0.717) is 0 Å². The smallest absolute Gasteiger partial charge is 0.242 e. The standard InChI is InChI=1S/C13H22N4O/c1-2-10-9-15-17-12(10)16-13(18)11-7-5-3-4-6-8-14-11/h9,11,14H,2-8H2,1H3,(H2,15,16,17,18). The molecule has 100 valence electrons. The number of anilines is 1. The summed E-state index contributed by atoms with van der Waals surface area (Å²) in [6.45, 7) is 2.98. The summed E-state index contributed by atoms with van der Waals surface area (Å²) in [5.74, 6) is 0.794. The number of nitrogens with zero attached hydrogens (tertiary/aromatic N) is 1. The van der Waals surface area contributed by atoms with Gasteiger partial charge in [0.15, 0.2) is 0 Å². The van der Waals surface area contributed by atoms with Crippen LogP contribution in [-0.4, -0.2) is 28.7 Å². The topological polar surface area (TPSA) is 69.8 Å². The van der Waals surface area contributed by atoms with E-state index in [1.807, 2.05) is 0 Å². The lowest BCUT2D eigenvalue weighted by Gasteiger charge is -2.20. The van der Waals surface area contributed by atoms with Gasteiger partial charge >= 0.3 is 0 Å². The van der Waals surface area contributed by atoms with Crippen molar-refractivity contribution in [3.05, 3.63) is 11.8 Å². The van der Waals surface area contributed by atoms with Gasteiger partial charge in [-0.05, 0) is 25.8 Å². The number of nitrogens with one attached hydrogen (secondary N) is 3. The van der Waals surface area contributed by atoms with Gasteiger partial charge in [-0.25, -0.2) is 0 Å². The molecule has 1 aliphatic rings. The zero-order valence-electron chi connectivity index (χ0n) is 11.0. The SMILES string of the molecule is CCc1cn[nH]c1NC(=O)C1CCCCCCN1. The van der Waals surface area contributed by atoms with E-state index in [1.54, 1.807) is 6.20 Å². The Bertz CT molecular complexity index is 380. The molecule has 0 spiro atoms.